The summed E-state index contributed by atoms with van der Waals surface area (Å²) >= 11 is 0. The van der Waals surface area contributed by atoms with Crippen molar-refractivity contribution >= 4 is 22.7 Å². The molecule has 3 N–H and O–H groups in total. The second kappa shape index (κ2) is 7.00. The number of benzene rings is 2. The van der Waals surface area contributed by atoms with Gasteiger partial charge in [0, 0.05) is 22.7 Å². The molecule has 0 bridgehead atoms. The number of para-hydroxylation sites is 1. The van der Waals surface area contributed by atoms with E-state index in [-0.39, 0.29) is 11.3 Å². The second-order valence-electron chi connectivity index (χ2n) is 5.06. The number of hydrogen-bond donors (Lipinski definition) is 3. The van der Waals surface area contributed by atoms with Gasteiger partial charge in [-0.2, -0.15) is 8.78 Å². The van der Waals surface area contributed by atoms with Crippen LogP contribution in [0.25, 0.3) is 10.9 Å². The molecule has 0 saturated carbocycles. The Kier molecular flexibility index (Phi) is 4.60. The molecular weight excluding hydrogens is 332 g/mol. The summed E-state index contributed by atoms with van der Waals surface area (Å²) in [5.41, 5.74) is 5.95. The van der Waals surface area contributed by atoms with Crippen molar-refractivity contribution in [2.75, 3.05) is 0 Å². The summed E-state index contributed by atoms with van der Waals surface area (Å²) < 4.78 is 28.4. The maximum absolute atomic E-state index is 12.2. The molecule has 1 aromatic heterocycles. The van der Waals surface area contributed by atoms with Gasteiger partial charge in [-0.1, -0.05) is 18.2 Å². The number of alkyl halides is 2. The number of carbonyl (C=O) groups is 2. The molecule has 1 heterocycles. The normalized spacial score (nSPS) is 10.7. The Morgan fingerprint density at radius 3 is 2.36 bits per heavy atom. The van der Waals surface area contributed by atoms with Crippen molar-refractivity contribution in [1.82, 2.24) is 15.8 Å². The fourth-order valence-corrected chi connectivity index (χ4v) is 2.30. The maximum atomic E-state index is 12.2. The minimum Gasteiger partial charge on any atom is -0.435 e. The summed E-state index contributed by atoms with van der Waals surface area (Å²) in [7, 11) is 0. The largest absolute Gasteiger partial charge is 0.435 e. The lowest BCUT2D eigenvalue weighted by Gasteiger charge is -2.08. The summed E-state index contributed by atoms with van der Waals surface area (Å²) in [6, 6.07) is 12.3. The van der Waals surface area contributed by atoms with E-state index >= 15 is 0 Å². The van der Waals surface area contributed by atoms with Gasteiger partial charge < -0.3 is 9.72 Å². The summed E-state index contributed by atoms with van der Waals surface area (Å²) in [4.78, 5) is 27.1. The number of hydrazine groups is 1. The zero-order valence-electron chi connectivity index (χ0n) is 12.8. The summed E-state index contributed by atoms with van der Waals surface area (Å²) in [6.07, 6.45) is 1.54. The van der Waals surface area contributed by atoms with Gasteiger partial charge in [-0.3, -0.25) is 20.4 Å². The van der Waals surface area contributed by atoms with Gasteiger partial charge in [0.15, 0.2) is 0 Å². The van der Waals surface area contributed by atoms with Crippen LogP contribution in [-0.4, -0.2) is 23.4 Å². The molecule has 0 radical (unpaired) electrons. The number of amides is 2. The molecule has 8 heteroatoms. The highest BCUT2D eigenvalue weighted by Gasteiger charge is 2.13. The van der Waals surface area contributed by atoms with Crippen LogP contribution in [-0.2, 0) is 0 Å². The standard InChI is InChI=1S/C17H13F2N3O3/c18-17(19)25-11-7-5-10(6-8-11)15(23)21-22-16(24)13-9-20-14-4-2-1-3-12(13)14/h1-9,17,20H,(H,21,23)(H,22,24). The third kappa shape index (κ3) is 3.74. The number of nitrogens with one attached hydrogen (secondary N) is 3. The van der Waals surface area contributed by atoms with Crippen LogP contribution in [0, 0.1) is 0 Å². The van der Waals surface area contributed by atoms with E-state index in [0.29, 0.717) is 5.56 Å². The molecule has 0 saturated heterocycles. The van der Waals surface area contributed by atoms with Crippen molar-refractivity contribution in [3.05, 3.63) is 65.9 Å². The fourth-order valence-electron chi connectivity index (χ4n) is 2.30. The predicted octanol–water partition coefficient (Wildman–Crippen LogP) is 2.84. The van der Waals surface area contributed by atoms with E-state index in [4.69, 9.17) is 0 Å². The average molecular weight is 345 g/mol. The Morgan fingerprint density at radius 1 is 0.960 bits per heavy atom. The first-order valence-electron chi connectivity index (χ1n) is 7.26. The lowest BCUT2D eigenvalue weighted by Crippen LogP contribution is -2.41. The van der Waals surface area contributed by atoms with Crippen LogP contribution in [0.5, 0.6) is 5.75 Å². The first-order chi connectivity index (χ1) is 12.0. The van der Waals surface area contributed by atoms with Crippen molar-refractivity contribution in [1.29, 1.82) is 0 Å². The molecule has 0 spiro atoms. The molecule has 0 aliphatic carbocycles. The zero-order chi connectivity index (χ0) is 17.8. The van der Waals surface area contributed by atoms with E-state index in [9.17, 15) is 18.4 Å². The van der Waals surface area contributed by atoms with Crippen LogP contribution in [0.3, 0.4) is 0 Å². The average Bonchev–Trinajstić information content (AvgIpc) is 3.03. The van der Waals surface area contributed by atoms with Gasteiger partial charge in [0.25, 0.3) is 11.8 Å². The summed E-state index contributed by atoms with van der Waals surface area (Å²) in [5.74, 6) is -1.13. The van der Waals surface area contributed by atoms with E-state index in [1.807, 2.05) is 12.1 Å². The van der Waals surface area contributed by atoms with Crippen molar-refractivity contribution in [3.63, 3.8) is 0 Å². The number of halogens is 2. The van der Waals surface area contributed by atoms with Gasteiger partial charge in [0.1, 0.15) is 5.75 Å². The van der Waals surface area contributed by atoms with Gasteiger partial charge in [0.05, 0.1) is 5.56 Å². The first kappa shape index (κ1) is 16.4. The first-order valence-corrected chi connectivity index (χ1v) is 7.26. The minimum absolute atomic E-state index is 0.0608. The Hall–Kier alpha value is -3.42. The quantitative estimate of drug-likeness (QED) is 0.636. The number of hydrogen-bond acceptors (Lipinski definition) is 3. The second-order valence-corrected chi connectivity index (χ2v) is 5.06. The molecule has 6 nitrogen and oxygen atoms in total. The van der Waals surface area contributed by atoms with E-state index in [2.05, 4.69) is 20.6 Å². The van der Waals surface area contributed by atoms with Gasteiger partial charge in [-0.25, -0.2) is 0 Å². The Morgan fingerprint density at radius 2 is 1.64 bits per heavy atom. The number of aromatic amines is 1. The molecule has 3 aromatic rings. The third-order valence-electron chi connectivity index (χ3n) is 3.47. The highest BCUT2D eigenvalue weighted by atomic mass is 19.3. The lowest BCUT2D eigenvalue weighted by atomic mass is 10.2. The molecule has 0 aliphatic rings. The van der Waals surface area contributed by atoms with Gasteiger partial charge in [-0.05, 0) is 30.3 Å². The SMILES string of the molecule is O=C(NNC(=O)c1c[nH]c2ccccc12)c1ccc(OC(F)F)cc1. The van der Waals surface area contributed by atoms with Gasteiger partial charge in [-0.15, -0.1) is 0 Å². The monoisotopic (exact) mass is 345 g/mol. The number of fused-ring (bicyclic) bond motifs is 1. The highest BCUT2D eigenvalue weighted by molar-refractivity contribution is 6.07. The molecular formula is C17H13F2N3O3. The van der Waals surface area contributed by atoms with Crippen molar-refractivity contribution in [3.8, 4) is 5.75 Å². The predicted molar refractivity (Wildman–Crippen MR) is 86.3 cm³/mol. The molecule has 25 heavy (non-hydrogen) atoms. The molecule has 0 aliphatic heterocycles. The van der Waals surface area contributed by atoms with Crippen molar-refractivity contribution in [2.45, 2.75) is 6.61 Å². The van der Waals surface area contributed by atoms with E-state index in [1.54, 1.807) is 18.3 Å². The number of ether oxygens (including phenoxy) is 1. The topological polar surface area (TPSA) is 83.2 Å². The van der Waals surface area contributed by atoms with Crippen molar-refractivity contribution < 1.29 is 23.1 Å². The molecule has 0 fully saturated rings. The van der Waals surface area contributed by atoms with E-state index in [1.165, 1.54) is 24.3 Å². The van der Waals surface area contributed by atoms with Crippen LogP contribution in [0.4, 0.5) is 8.78 Å². The van der Waals surface area contributed by atoms with Crippen LogP contribution in [0.15, 0.2) is 54.7 Å². The third-order valence-corrected chi connectivity index (χ3v) is 3.47. The zero-order valence-corrected chi connectivity index (χ0v) is 12.8. The Bertz CT molecular complexity index is 907. The Labute approximate surface area is 140 Å². The minimum atomic E-state index is -2.94. The maximum Gasteiger partial charge on any atom is 0.387 e. The summed E-state index contributed by atoms with van der Waals surface area (Å²) in [6.45, 7) is -2.94. The number of rotatable bonds is 4. The number of H-pyrrole nitrogens is 1. The molecule has 3 rings (SSSR count). The van der Waals surface area contributed by atoms with Crippen LogP contribution < -0.4 is 15.6 Å². The van der Waals surface area contributed by atoms with Crippen molar-refractivity contribution in [2.24, 2.45) is 0 Å². The van der Waals surface area contributed by atoms with Crippen LogP contribution in [0.2, 0.25) is 0 Å². The van der Waals surface area contributed by atoms with E-state index in [0.717, 1.165) is 10.9 Å². The van der Waals surface area contributed by atoms with Crippen LogP contribution in [0.1, 0.15) is 20.7 Å². The molecule has 128 valence electrons. The van der Waals surface area contributed by atoms with Gasteiger partial charge in [0.2, 0.25) is 0 Å². The highest BCUT2D eigenvalue weighted by Crippen LogP contribution is 2.17. The molecule has 2 aromatic carbocycles. The van der Waals surface area contributed by atoms with Gasteiger partial charge >= 0.3 is 6.61 Å². The Balaban J connectivity index is 1.63. The van der Waals surface area contributed by atoms with E-state index < -0.39 is 18.4 Å². The molecule has 0 unspecified atom stereocenters. The van der Waals surface area contributed by atoms with Crippen LogP contribution >= 0.6 is 0 Å². The summed E-state index contributed by atoms with van der Waals surface area (Å²) in [5, 5.41) is 0.725. The number of aromatic nitrogens is 1. The lowest BCUT2D eigenvalue weighted by molar-refractivity contribution is -0.0498. The smallest absolute Gasteiger partial charge is 0.387 e. The molecule has 2 amide bonds. The number of carbonyl (C=O) groups excluding carboxylic acids is 2. The fraction of sp³-hybridized carbons (Fsp3) is 0.0588. The molecule has 0 atom stereocenters.